The normalized spacial score (nSPS) is 11.8. The first kappa shape index (κ1) is 15.5. The second-order valence-electron chi connectivity index (χ2n) is 4.19. The Kier molecular flexibility index (Phi) is 5.79. The van der Waals surface area contributed by atoms with E-state index in [2.05, 4.69) is 10.6 Å². The van der Waals surface area contributed by atoms with Gasteiger partial charge in [-0.2, -0.15) is 0 Å². The first-order chi connectivity index (χ1) is 8.97. The van der Waals surface area contributed by atoms with Crippen LogP contribution in [0.25, 0.3) is 0 Å². The van der Waals surface area contributed by atoms with E-state index in [1.165, 1.54) is 13.1 Å². The molecule has 0 aromatic heterocycles. The second kappa shape index (κ2) is 7.11. The lowest BCUT2D eigenvalue weighted by atomic mass is 10.1. The number of hydrogen-bond donors (Lipinski definition) is 3. The topological polar surface area (TPSA) is 84.2 Å². The molecule has 2 amide bonds. The quantitative estimate of drug-likeness (QED) is 0.770. The molecular weight excluding hydrogens is 266 g/mol. The first-order valence-corrected chi connectivity index (χ1v) is 6.42. The smallest absolute Gasteiger partial charge is 0.251 e. The van der Waals surface area contributed by atoms with Gasteiger partial charge in [-0.1, -0.05) is 18.5 Å². The predicted octanol–water partition coefficient (Wildman–Crippen LogP) is 1.77. The summed E-state index contributed by atoms with van der Waals surface area (Å²) in [5, 5.41) is 5.55. The van der Waals surface area contributed by atoms with E-state index in [4.69, 9.17) is 17.3 Å². The van der Waals surface area contributed by atoms with Gasteiger partial charge >= 0.3 is 0 Å². The number of halogens is 1. The number of anilines is 1. The maximum Gasteiger partial charge on any atom is 0.251 e. The van der Waals surface area contributed by atoms with Crippen molar-refractivity contribution in [2.45, 2.75) is 25.8 Å². The highest BCUT2D eigenvalue weighted by Gasteiger charge is 2.12. The molecule has 19 heavy (non-hydrogen) atoms. The van der Waals surface area contributed by atoms with E-state index in [9.17, 15) is 9.59 Å². The summed E-state index contributed by atoms with van der Waals surface area (Å²) >= 11 is 5.98. The lowest BCUT2D eigenvalue weighted by molar-refractivity contribution is -0.116. The number of nitrogens with two attached hydrogens (primary N) is 1. The molecule has 0 aliphatic heterocycles. The van der Waals surface area contributed by atoms with Crippen molar-refractivity contribution in [3.8, 4) is 0 Å². The lowest BCUT2D eigenvalue weighted by Crippen LogP contribution is -2.26. The molecule has 0 fully saturated rings. The van der Waals surface area contributed by atoms with Crippen molar-refractivity contribution in [1.29, 1.82) is 0 Å². The van der Waals surface area contributed by atoms with E-state index in [1.807, 2.05) is 6.92 Å². The Hall–Kier alpha value is -1.59. The molecule has 104 valence electrons. The molecule has 1 aromatic rings. The molecule has 0 spiro atoms. The molecule has 1 atom stereocenters. The van der Waals surface area contributed by atoms with Crippen LogP contribution in [0.2, 0.25) is 5.02 Å². The van der Waals surface area contributed by atoms with E-state index in [-0.39, 0.29) is 24.3 Å². The molecule has 4 N–H and O–H groups in total. The van der Waals surface area contributed by atoms with Crippen LogP contribution in [0.5, 0.6) is 0 Å². The Morgan fingerprint density at radius 3 is 2.68 bits per heavy atom. The molecule has 0 radical (unpaired) electrons. The SMILES string of the molecule is CCC(N)CC(=O)Nc1cc(C(=O)NC)ccc1Cl. The number of hydrogen-bond acceptors (Lipinski definition) is 3. The molecule has 5 nitrogen and oxygen atoms in total. The molecule has 0 aliphatic rings. The van der Waals surface area contributed by atoms with Crippen LogP contribution in [0, 0.1) is 0 Å². The average molecular weight is 284 g/mol. The van der Waals surface area contributed by atoms with Crippen molar-refractivity contribution in [2.24, 2.45) is 5.73 Å². The Morgan fingerprint density at radius 1 is 1.42 bits per heavy atom. The van der Waals surface area contributed by atoms with E-state index < -0.39 is 0 Å². The highest BCUT2D eigenvalue weighted by atomic mass is 35.5. The molecule has 1 rings (SSSR count). The zero-order chi connectivity index (χ0) is 14.4. The van der Waals surface area contributed by atoms with Crippen molar-refractivity contribution in [2.75, 3.05) is 12.4 Å². The number of carbonyl (C=O) groups is 2. The Bertz CT molecular complexity index is 477. The zero-order valence-electron chi connectivity index (χ0n) is 11.0. The maximum absolute atomic E-state index is 11.7. The monoisotopic (exact) mass is 283 g/mol. The zero-order valence-corrected chi connectivity index (χ0v) is 11.8. The van der Waals surface area contributed by atoms with Crippen LogP contribution in [0.3, 0.4) is 0 Å². The Morgan fingerprint density at radius 2 is 2.11 bits per heavy atom. The number of nitrogens with one attached hydrogen (secondary N) is 2. The summed E-state index contributed by atoms with van der Waals surface area (Å²) < 4.78 is 0. The summed E-state index contributed by atoms with van der Waals surface area (Å²) in [6, 6.07) is 4.52. The van der Waals surface area contributed by atoms with Gasteiger partial charge in [0.05, 0.1) is 10.7 Å². The molecule has 0 saturated carbocycles. The molecule has 0 saturated heterocycles. The minimum atomic E-state index is -0.238. The third kappa shape index (κ3) is 4.54. The highest BCUT2D eigenvalue weighted by Crippen LogP contribution is 2.23. The molecule has 1 aromatic carbocycles. The Balaban J connectivity index is 2.82. The fraction of sp³-hybridized carbons (Fsp3) is 0.385. The second-order valence-corrected chi connectivity index (χ2v) is 4.60. The van der Waals surface area contributed by atoms with Gasteiger partial charge in [0.25, 0.3) is 5.91 Å². The number of benzene rings is 1. The van der Waals surface area contributed by atoms with Gasteiger partial charge < -0.3 is 16.4 Å². The van der Waals surface area contributed by atoms with Crippen LogP contribution in [0.1, 0.15) is 30.1 Å². The van der Waals surface area contributed by atoms with Crippen LogP contribution in [0.15, 0.2) is 18.2 Å². The van der Waals surface area contributed by atoms with Crippen molar-refractivity contribution < 1.29 is 9.59 Å². The number of amides is 2. The fourth-order valence-electron chi connectivity index (χ4n) is 1.49. The van der Waals surface area contributed by atoms with Crippen LogP contribution in [0.4, 0.5) is 5.69 Å². The molecule has 1 unspecified atom stereocenters. The summed E-state index contributed by atoms with van der Waals surface area (Å²) in [7, 11) is 1.54. The van der Waals surface area contributed by atoms with E-state index in [1.54, 1.807) is 12.1 Å². The van der Waals surface area contributed by atoms with Crippen molar-refractivity contribution in [3.05, 3.63) is 28.8 Å². The third-order valence-corrected chi connectivity index (χ3v) is 3.03. The molecular formula is C13H18ClN3O2. The first-order valence-electron chi connectivity index (χ1n) is 6.05. The van der Waals surface area contributed by atoms with Crippen LogP contribution in [-0.4, -0.2) is 24.9 Å². The van der Waals surface area contributed by atoms with Crippen LogP contribution in [-0.2, 0) is 4.79 Å². The van der Waals surface area contributed by atoms with Gasteiger partial charge in [-0.05, 0) is 24.6 Å². The van der Waals surface area contributed by atoms with Gasteiger partial charge in [-0.25, -0.2) is 0 Å². The minimum Gasteiger partial charge on any atom is -0.355 e. The van der Waals surface area contributed by atoms with E-state index in [0.29, 0.717) is 16.3 Å². The lowest BCUT2D eigenvalue weighted by Gasteiger charge is -2.11. The third-order valence-electron chi connectivity index (χ3n) is 2.70. The van der Waals surface area contributed by atoms with Crippen molar-refractivity contribution in [3.63, 3.8) is 0 Å². The van der Waals surface area contributed by atoms with Gasteiger partial charge in [0.1, 0.15) is 0 Å². The standard InChI is InChI=1S/C13H18ClN3O2/c1-3-9(15)7-12(18)17-11-6-8(13(19)16-2)4-5-10(11)14/h4-6,9H,3,7,15H2,1-2H3,(H,16,19)(H,17,18). The predicted molar refractivity (Wildman–Crippen MR) is 76.4 cm³/mol. The molecule has 0 heterocycles. The van der Waals surface area contributed by atoms with Gasteiger partial charge in [-0.3, -0.25) is 9.59 Å². The van der Waals surface area contributed by atoms with Crippen LogP contribution < -0.4 is 16.4 Å². The van der Waals surface area contributed by atoms with Gasteiger partial charge in [0, 0.05) is 25.1 Å². The number of rotatable bonds is 5. The molecule has 6 heteroatoms. The number of carbonyl (C=O) groups excluding carboxylic acids is 2. The fourth-order valence-corrected chi connectivity index (χ4v) is 1.66. The van der Waals surface area contributed by atoms with Crippen LogP contribution >= 0.6 is 11.6 Å². The summed E-state index contributed by atoms with van der Waals surface area (Å²) in [6.45, 7) is 1.91. The Labute approximate surface area is 117 Å². The molecule has 0 bridgehead atoms. The van der Waals surface area contributed by atoms with Gasteiger partial charge in [-0.15, -0.1) is 0 Å². The van der Waals surface area contributed by atoms with Gasteiger partial charge in [0.2, 0.25) is 5.91 Å². The summed E-state index contributed by atoms with van der Waals surface area (Å²) in [4.78, 5) is 23.2. The molecule has 0 aliphatic carbocycles. The van der Waals surface area contributed by atoms with Gasteiger partial charge in [0.15, 0.2) is 0 Å². The maximum atomic E-state index is 11.7. The largest absolute Gasteiger partial charge is 0.355 e. The summed E-state index contributed by atoms with van der Waals surface area (Å²) in [5.74, 6) is -0.456. The highest BCUT2D eigenvalue weighted by molar-refractivity contribution is 6.33. The van der Waals surface area contributed by atoms with E-state index in [0.717, 1.165) is 6.42 Å². The average Bonchev–Trinajstić information content (AvgIpc) is 2.40. The van der Waals surface area contributed by atoms with E-state index >= 15 is 0 Å². The van der Waals surface area contributed by atoms with Crippen molar-refractivity contribution >= 4 is 29.1 Å². The summed E-state index contributed by atoms with van der Waals surface area (Å²) in [5.41, 5.74) is 6.55. The minimum absolute atomic E-state index is 0.180. The summed E-state index contributed by atoms with van der Waals surface area (Å²) in [6.07, 6.45) is 0.941. The van der Waals surface area contributed by atoms with Crippen molar-refractivity contribution in [1.82, 2.24) is 5.32 Å².